The standard InChI is InChI=1S/C7H18N.BH3/c1-5-6-7-8(2,3)4;/h5-7H2,1-4H3;1H3/q+1;. The van der Waals surface area contributed by atoms with Crippen molar-refractivity contribution >= 4 is 8.41 Å². The number of rotatable bonds is 3. The molecule has 1 nitrogen and oxygen atoms in total. The van der Waals surface area contributed by atoms with Gasteiger partial charge in [-0.2, -0.15) is 0 Å². The summed E-state index contributed by atoms with van der Waals surface area (Å²) >= 11 is 0. The Morgan fingerprint density at radius 1 is 1.11 bits per heavy atom. The lowest BCUT2D eigenvalue weighted by Crippen LogP contribution is -2.35. The van der Waals surface area contributed by atoms with E-state index in [9.17, 15) is 0 Å². The Morgan fingerprint density at radius 2 is 1.56 bits per heavy atom. The second kappa shape index (κ2) is 4.86. The van der Waals surface area contributed by atoms with Crippen molar-refractivity contribution in [2.45, 2.75) is 19.8 Å². The van der Waals surface area contributed by atoms with Gasteiger partial charge in [-0.1, -0.05) is 13.3 Å². The van der Waals surface area contributed by atoms with Gasteiger partial charge in [0.2, 0.25) is 0 Å². The minimum atomic E-state index is 0. The fourth-order valence-corrected chi connectivity index (χ4v) is 0.632. The van der Waals surface area contributed by atoms with Crippen LogP contribution in [0.5, 0.6) is 0 Å². The molecule has 0 heterocycles. The maximum atomic E-state index is 2.23. The zero-order valence-electron chi connectivity index (χ0n) is 6.57. The van der Waals surface area contributed by atoms with Crippen LogP contribution in [0.3, 0.4) is 0 Å². The maximum Gasteiger partial charge on any atom is 0.0814 e. The van der Waals surface area contributed by atoms with Gasteiger partial charge in [-0.15, -0.1) is 0 Å². The van der Waals surface area contributed by atoms with Gasteiger partial charge in [0.05, 0.1) is 36.1 Å². The summed E-state index contributed by atoms with van der Waals surface area (Å²) in [6.07, 6.45) is 2.67. The van der Waals surface area contributed by atoms with Gasteiger partial charge in [-0.3, -0.25) is 0 Å². The van der Waals surface area contributed by atoms with Crippen molar-refractivity contribution < 1.29 is 4.48 Å². The van der Waals surface area contributed by atoms with Crippen LogP contribution in [-0.2, 0) is 0 Å². The van der Waals surface area contributed by atoms with E-state index in [0.717, 1.165) is 4.48 Å². The highest BCUT2D eigenvalue weighted by molar-refractivity contribution is 5.75. The summed E-state index contributed by atoms with van der Waals surface area (Å²) in [5.41, 5.74) is 0. The first-order valence-electron chi connectivity index (χ1n) is 3.36. The van der Waals surface area contributed by atoms with E-state index in [-0.39, 0.29) is 8.41 Å². The smallest absolute Gasteiger partial charge is 0.0814 e. The minimum absolute atomic E-state index is 0. The number of hydrogen-bond donors (Lipinski definition) is 0. The van der Waals surface area contributed by atoms with Crippen LogP contribution in [0.1, 0.15) is 19.8 Å². The van der Waals surface area contributed by atoms with Crippen LogP contribution in [0.25, 0.3) is 0 Å². The van der Waals surface area contributed by atoms with Gasteiger partial charge in [0.15, 0.2) is 0 Å². The molecule has 0 spiro atoms. The molecule has 0 saturated carbocycles. The van der Waals surface area contributed by atoms with Crippen LogP contribution < -0.4 is 0 Å². The SMILES string of the molecule is B.CCCC[N+](C)(C)C. The average Bonchev–Trinajstić information content (AvgIpc) is 1.59. The van der Waals surface area contributed by atoms with Gasteiger partial charge in [0.1, 0.15) is 0 Å². The minimum Gasteiger partial charge on any atom is -0.331 e. The normalized spacial score (nSPS) is 10.7. The highest BCUT2D eigenvalue weighted by Gasteiger charge is 2.02. The van der Waals surface area contributed by atoms with Gasteiger partial charge in [-0.05, 0) is 6.42 Å². The summed E-state index contributed by atoms with van der Waals surface area (Å²) in [4.78, 5) is 0. The summed E-state index contributed by atoms with van der Waals surface area (Å²) in [5, 5.41) is 0. The Kier molecular flexibility index (Phi) is 6.36. The molecule has 0 aromatic heterocycles. The largest absolute Gasteiger partial charge is 0.331 e. The van der Waals surface area contributed by atoms with E-state index in [1.54, 1.807) is 0 Å². The van der Waals surface area contributed by atoms with Gasteiger partial charge < -0.3 is 4.48 Å². The third-order valence-electron chi connectivity index (χ3n) is 1.18. The number of nitrogens with zero attached hydrogens (tertiary/aromatic N) is 1. The van der Waals surface area contributed by atoms with Gasteiger partial charge in [0, 0.05) is 0 Å². The van der Waals surface area contributed by atoms with E-state index >= 15 is 0 Å². The summed E-state index contributed by atoms with van der Waals surface area (Å²) in [7, 11) is 6.70. The van der Waals surface area contributed by atoms with E-state index in [1.165, 1.54) is 19.4 Å². The highest BCUT2D eigenvalue weighted by Crippen LogP contribution is 1.94. The van der Waals surface area contributed by atoms with Gasteiger partial charge in [-0.25, -0.2) is 0 Å². The fourth-order valence-electron chi connectivity index (χ4n) is 0.632. The molecule has 0 aliphatic heterocycles. The van der Waals surface area contributed by atoms with Crippen molar-refractivity contribution in [1.82, 2.24) is 0 Å². The lowest BCUT2D eigenvalue weighted by Gasteiger charge is -2.23. The van der Waals surface area contributed by atoms with Crippen LogP contribution in [-0.4, -0.2) is 40.6 Å². The third-order valence-corrected chi connectivity index (χ3v) is 1.18. The summed E-state index contributed by atoms with van der Waals surface area (Å²) in [6, 6.07) is 0. The van der Waals surface area contributed by atoms with Crippen LogP contribution in [0, 0.1) is 0 Å². The summed E-state index contributed by atoms with van der Waals surface area (Å²) < 4.78 is 1.10. The van der Waals surface area contributed by atoms with E-state index in [4.69, 9.17) is 0 Å². The van der Waals surface area contributed by atoms with Crippen molar-refractivity contribution in [3.8, 4) is 0 Å². The van der Waals surface area contributed by atoms with Crippen molar-refractivity contribution in [1.29, 1.82) is 0 Å². The predicted octanol–water partition coefficient (Wildman–Crippen LogP) is 0.309. The lowest BCUT2D eigenvalue weighted by atomic mass is 10.3. The number of unbranched alkanes of at least 4 members (excludes halogenated alkanes) is 1. The molecule has 0 rings (SSSR count). The molecule has 0 radical (unpaired) electrons. The second-order valence-electron chi connectivity index (χ2n) is 3.37. The molecule has 0 aromatic carbocycles. The van der Waals surface area contributed by atoms with Crippen molar-refractivity contribution in [3.63, 3.8) is 0 Å². The molecule has 56 valence electrons. The molecule has 0 aliphatic carbocycles. The second-order valence-corrected chi connectivity index (χ2v) is 3.37. The first-order chi connectivity index (χ1) is 3.56. The molecule has 0 amide bonds. The Hall–Kier alpha value is 0.0249. The van der Waals surface area contributed by atoms with E-state index < -0.39 is 0 Å². The molecule has 0 fully saturated rings. The van der Waals surface area contributed by atoms with Crippen molar-refractivity contribution in [2.75, 3.05) is 27.7 Å². The molecule has 0 bridgehead atoms. The first kappa shape index (κ1) is 11.8. The van der Waals surface area contributed by atoms with Crippen molar-refractivity contribution in [3.05, 3.63) is 0 Å². The quantitative estimate of drug-likeness (QED) is 0.381. The number of quaternary nitrogens is 1. The molecule has 2 heteroatoms. The van der Waals surface area contributed by atoms with Gasteiger partial charge in [0.25, 0.3) is 0 Å². The van der Waals surface area contributed by atoms with E-state index in [1.807, 2.05) is 0 Å². The van der Waals surface area contributed by atoms with E-state index in [2.05, 4.69) is 28.1 Å². The average molecular weight is 130 g/mol. The first-order valence-corrected chi connectivity index (χ1v) is 3.36. The molecule has 0 aromatic rings. The highest BCUT2D eigenvalue weighted by atomic mass is 15.3. The van der Waals surface area contributed by atoms with E-state index in [0.29, 0.717) is 0 Å². The zero-order chi connectivity index (χ0) is 6.62. The monoisotopic (exact) mass is 130 g/mol. The zero-order valence-corrected chi connectivity index (χ0v) is 6.57. The topological polar surface area (TPSA) is 0 Å². The Labute approximate surface area is 61.2 Å². The molecular weight excluding hydrogens is 109 g/mol. The Bertz CT molecular complexity index is 56.4. The molecule has 0 aliphatic rings. The molecular formula is C7H21BN+. The molecule has 0 N–H and O–H groups in total. The van der Waals surface area contributed by atoms with Crippen LogP contribution in [0.2, 0.25) is 0 Å². The van der Waals surface area contributed by atoms with Crippen molar-refractivity contribution in [2.24, 2.45) is 0 Å². The Balaban J connectivity index is 0. The molecule has 0 atom stereocenters. The van der Waals surface area contributed by atoms with Gasteiger partial charge >= 0.3 is 0 Å². The predicted molar refractivity (Wildman–Crippen MR) is 47.7 cm³/mol. The van der Waals surface area contributed by atoms with Crippen LogP contribution in [0.4, 0.5) is 0 Å². The summed E-state index contributed by atoms with van der Waals surface area (Å²) in [6.45, 7) is 3.53. The summed E-state index contributed by atoms with van der Waals surface area (Å²) in [5.74, 6) is 0. The molecule has 0 unspecified atom stereocenters. The lowest BCUT2D eigenvalue weighted by molar-refractivity contribution is -0.870. The fraction of sp³-hybridized carbons (Fsp3) is 1.00. The number of hydrogen-bond acceptors (Lipinski definition) is 0. The van der Waals surface area contributed by atoms with Crippen LogP contribution in [0.15, 0.2) is 0 Å². The maximum absolute atomic E-state index is 2.23. The molecule has 9 heavy (non-hydrogen) atoms. The van der Waals surface area contributed by atoms with Crippen LogP contribution >= 0.6 is 0 Å². The third kappa shape index (κ3) is 11.5. The molecule has 0 saturated heterocycles. The Morgan fingerprint density at radius 3 is 1.67 bits per heavy atom.